The Kier molecular flexibility index (Phi) is 5.75. The van der Waals surface area contributed by atoms with Crippen molar-refractivity contribution in [3.8, 4) is 0 Å². The largest absolute Gasteiger partial charge is 0.416 e. The molecule has 1 atom stereocenters. The summed E-state index contributed by atoms with van der Waals surface area (Å²) in [7, 11) is 0. The Bertz CT molecular complexity index is 1240. The summed E-state index contributed by atoms with van der Waals surface area (Å²) in [4.78, 5) is 11.8. The smallest absolute Gasteiger partial charge is 0.399 e. The third kappa shape index (κ3) is 4.24. The molecule has 3 N–H and O–H groups in total. The van der Waals surface area contributed by atoms with Gasteiger partial charge in [-0.05, 0) is 74.1 Å². The highest BCUT2D eigenvalue weighted by Gasteiger charge is 2.32. The lowest BCUT2D eigenvalue weighted by Gasteiger charge is -2.31. The number of morpholine rings is 1. The van der Waals surface area contributed by atoms with Gasteiger partial charge in [-0.1, -0.05) is 0 Å². The van der Waals surface area contributed by atoms with Gasteiger partial charge in [-0.15, -0.1) is 0 Å². The van der Waals surface area contributed by atoms with E-state index in [4.69, 9.17) is 15.5 Å². The molecule has 6 nitrogen and oxygen atoms in total. The van der Waals surface area contributed by atoms with Gasteiger partial charge in [-0.2, -0.15) is 13.2 Å². The maximum atomic E-state index is 13.3. The van der Waals surface area contributed by atoms with Crippen molar-refractivity contribution >= 4 is 28.1 Å². The van der Waals surface area contributed by atoms with E-state index in [-0.39, 0.29) is 5.69 Å². The first kappa shape index (κ1) is 22.7. The molecule has 0 bridgehead atoms. The second-order valence-corrected chi connectivity index (χ2v) is 9.07. The fourth-order valence-corrected chi connectivity index (χ4v) is 5.03. The summed E-state index contributed by atoms with van der Waals surface area (Å²) in [6.07, 6.45) is -1.41. The summed E-state index contributed by atoms with van der Waals surface area (Å²) < 4.78 is 45.6. The summed E-state index contributed by atoms with van der Waals surface area (Å²) in [5.41, 5.74) is 10.3. The molecule has 2 heterocycles. The van der Waals surface area contributed by atoms with Gasteiger partial charge in [-0.25, -0.2) is 9.97 Å². The number of alkyl halides is 3. The number of hydrogen-bond donors (Lipinski definition) is 2. The number of hydrogen-bond acceptors (Lipinski definition) is 6. The van der Waals surface area contributed by atoms with Crippen molar-refractivity contribution in [2.75, 3.05) is 42.3 Å². The molecule has 0 spiro atoms. The van der Waals surface area contributed by atoms with Crippen LogP contribution in [-0.2, 0) is 23.8 Å². The maximum Gasteiger partial charge on any atom is 0.416 e. The standard InChI is InChI=1S/C25H28F3N5O/c1-14(16-10-17(25(26,27)28)12-18(29)11-16)30-24-21-13-22(33-6-8-34-9-7-33)19-4-3-5-20(19)23(21)31-15(2)32-24/h10-14H,3-9,29H2,1-2H3,(H,30,31,32)/t14-/m1/s1. The van der Waals surface area contributed by atoms with Crippen molar-refractivity contribution in [2.45, 2.75) is 45.3 Å². The number of nitrogens with two attached hydrogens (primary N) is 1. The van der Waals surface area contributed by atoms with E-state index in [1.54, 1.807) is 6.07 Å². The third-order valence-electron chi connectivity index (χ3n) is 6.66. The van der Waals surface area contributed by atoms with Gasteiger partial charge in [0.05, 0.1) is 30.3 Å². The molecular weight excluding hydrogens is 443 g/mol. The van der Waals surface area contributed by atoms with E-state index in [0.29, 0.717) is 30.4 Å². The zero-order valence-corrected chi connectivity index (χ0v) is 19.3. The third-order valence-corrected chi connectivity index (χ3v) is 6.66. The van der Waals surface area contributed by atoms with Gasteiger partial charge >= 0.3 is 6.18 Å². The molecule has 2 aromatic carbocycles. The highest BCUT2D eigenvalue weighted by atomic mass is 19.4. The number of nitrogens with zero attached hydrogens (tertiary/aromatic N) is 3. The second kappa shape index (κ2) is 8.61. The lowest BCUT2D eigenvalue weighted by atomic mass is 10.0. The zero-order chi connectivity index (χ0) is 24.0. The fraction of sp³-hybridized carbons (Fsp3) is 0.440. The van der Waals surface area contributed by atoms with Crippen molar-refractivity contribution in [3.05, 3.63) is 52.3 Å². The summed E-state index contributed by atoms with van der Waals surface area (Å²) in [5, 5.41) is 4.24. The molecule has 34 heavy (non-hydrogen) atoms. The van der Waals surface area contributed by atoms with Crippen LogP contribution in [0.15, 0.2) is 24.3 Å². The second-order valence-electron chi connectivity index (χ2n) is 9.07. The van der Waals surface area contributed by atoms with E-state index in [2.05, 4.69) is 21.3 Å². The average molecular weight is 472 g/mol. The molecular formula is C25H28F3N5O. The van der Waals surface area contributed by atoms with Gasteiger partial charge in [0.2, 0.25) is 0 Å². The number of nitrogens with one attached hydrogen (secondary N) is 1. The van der Waals surface area contributed by atoms with Crippen LogP contribution in [-0.4, -0.2) is 36.3 Å². The number of aromatic nitrogens is 2. The van der Waals surface area contributed by atoms with Crippen LogP contribution in [0.4, 0.5) is 30.4 Å². The minimum atomic E-state index is -4.46. The summed E-state index contributed by atoms with van der Waals surface area (Å²) in [6, 6.07) is 5.36. The minimum Gasteiger partial charge on any atom is -0.399 e. The Balaban J connectivity index is 1.58. The Morgan fingerprint density at radius 3 is 2.53 bits per heavy atom. The van der Waals surface area contributed by atoms with Gasteiger partial charge in [0.1, 0.15) is 11.6 Å². The SMILES string of the molecule is Cc1nc(N[C@H](C)c2cc(N)cc(C(F)(F)F)c2)c2cc(N3CCOCC3)c3c(c2n1)CCC3. The summed E-state index contributed by atoms with van der Waals surface area (Å²) in [6.45, 7) is 6.69. The van der Waals surface area contributed by atoms with Gasteiger partial charge in [0.15, 0.2) is 0 Å². The van der Waals surface area contributed by atoms with Crippen LogP contribution >= 0.6 is 0 Å². The van der Waals surface area contributed by atoms with E-state index >= 15 is 0 Å². The molecule has 0 amide bonds. The van der Waals surface area contributed by atoms with Crippen LogP contribution in [0.25, 0.3) is 10.9 Å². The molecule has 1 aliphatic heterocycles. The Morgan fingerprint density at radius 1 is 1.06 bits per heavy atom. The van der Waals surface area contributed by atoms with Crippen LogP contribution in [0.1, 0.15) is 47.5 Å². The van der Waals surface area contributed by atoms with Gasteiger partial charge < -0.3 is 20.7 Å². The number of halogens is 3. The molecule has 1 saturated heterocycles. The number of ether oxygens (including phenoxy) is 1. The Labute approximate surface area is 196 Å². The predicted octanol–water partition coefficient (Wildman–Crippen LogP) is 5.04. The van der Waals surface area contributed by atoms with Crippen LogP contribution in [0.3, 0.4) is 0 Å². The number of nitrogen functional groups attached to an aromatic ring is 1. The van der Waals surface area contributed by atoms with Crippen LogP contribution in [0, 0.1) is 6.92 Å². The van der Waals surface area contributed by atoms with E-state index in [1.807, 2.05) is 13.8 Å². The van der Waals surface area contributed by atoms with Crippen molar-refractivity contribution in [3.63, 3.8) is 0 Å². The molecule has 1 aromatic heterocycles. The van der Waals surface area contributed by atoms with Gasteiger partial charge in [0, 0.05) is 29.9 Å². The van der Waals surface area contributed by atoms with Crippen molar-refractivity contribution in [1.82, 2.24) is 9.97 Å². The minimum absolute atomic E-state index is 0.0784. The first-order valence-electron chi connectivity index (χ1n) is 11.6. The summed E-state index contributed by atoms with van der Waals surface area (Å²) in [5.74, 6) is 1.24. The molecule has 180 valence electrons. The monoisotopic (exact) mass is 471 g/mol. The number of anilines is 3. The number of rotatable bonds is 4. The van der Waals surface area contributed by atoms with Crippen LogP contribution in [0.2, 0.25) is 0 Å². The van der Waals surface area contributed by atoms with Crippen molar-refractivity contribution in [1.29, 1.82) is 0 Å². The normalized spacial score (nSPS) is 17.1. The van der Waals surface area contributed by atoms with Crippen molar-refractivity contribution in [2.24, 2.45) is 0 Å². The lowest BCUT2D eigenvalue weighted by molar-refractivity contribution is -0.137. The quantitative estimate of drug-likeness (QED) is 0.520. The van der Waals surface area contributed by atoms with Gasteiger partial charge in [-0.3, -0.25) is 0 Å². The molecule has 2 aliphatic rings. The first-order chi connectivity index (χ1) is 16.2. The maximum absolute atomic E-state index is 13.3. The molecule has 0 radical (unpaired) electrons. The highest BCUT2D eigenvalue weighted by Crippen LogP contribution is 2.40. The van der Waals surface area contributed by atoms with Gasteiger partial charge in [0.25, 0.3) is 0 Å². The fourth-order valence-electron chi connectivity index (χ4n) is 5.03. The van der Waals surface area contributed by atoms with E-state index in [1.165, 1.54) is 16.8 Å². The molecule has 9 heteroatoms. The average Bonchev–Trinajstić information content (AvgIpc) is 3.28. The molecule has 1 fully saturated rings. The molecule has 1 aliphatic carbocycles. The van der Waals surface area contributed by atoms with Crippen molar-refractivity contribution < 1.29 is 17.9 Å². The molecule has 3 aromatic rings. The first-order valence-corrected chi connectivity index (χ1v) is 11.6. The van der Waals surface area contributed by atoms with E-state index in [9.17, 15) is 13.2 Å². The van der Waals surface area contributed by atoms with Crippen LogP contribution in [0.5, 0.6) is 0 Å². The lowest BCUT2D eigenvalue weighted by Crippen LogP contribution is -2.36. The number of fused-ring (bicyclic) bond motifs is 3. The van der Waals surface area contributed by atoms with Crippen LogP contribution < -0.4 is 16.0 Å². The summed E-state index contributed by atoms with van der Waals surface area (Å²) >= 11 is 0. The Morgan fingerprint density at radius 2 is 1.79 bits per heavy atom. The molecule has 0 unspecified atom stereocenters. The van der Waals surface area contributed by atoms with E-state index < -0.39 is 17.8 Å². The molecule has 0 saturated carbocycles. The predicted molar refractivity (Wildman–Crippen MR) is 127 cm³/mol. The number of aryl methyl sites for hydroxylation is 2. The Hall–Kier alpha value is -3.07. The zero-order valence-electron chi connectivity index (χ0n) is 19.3. The highest BCUT2D eigenvalue weighted by molar-refractivity contribution is 5.96. The number of benzene rings is 2. The topological polar surface area (TPSA) is 76.3 Å². The molecule has 5 rings (SSSR count). The van der Waals surface area contributed by atoms with E-state index in [0.717, 1.165) is 55.4 Å².